The number of unbranched alkanes of at least 4 members (excludes halogenated alkanes) is 2. The van der Waals surface area contributed by atoms with E-state index >= 15 is 0 Å². The Hall–Kier alpha value is -0.0400. The van der Waals surface area contributed by atoms with Crippen LogP contribution in [0.5, 0.6) is 0 Å². The van der Waals surface area contributed by atoms with Crippen molar-refractivity contribution < 1.29 is 38.7 Å². The van der Waals surface area contributed by atoms with Gasteiger partial charge >= 0.3 is 15.6 Å². The monoisotopic (exact) mass is 542 g/mol. The van der Waals surface area contributed by atoms with Crippen LogP contribution in [-0.4, -0.2) is 87.5 Å². The largest absolute Gasteiger partial charge is 0.394 e. The molecule has 0 aromatic carbocycles. The summed E-state index contributed by atoms with van der Waals surface area (Å²) in [5.41, 5.74) is -1.27. The Labute approximate surface area is 215 Å². The minimum atomic E-state index is -2.01. The van der Waals surface area contributed by atoms with Gasteiger partial charge in [0.1, 0.15) is 18.4 Å². The Morgan fingerprint density at radius 2 is 1.29 bits per heavy atom. The maximum atomic E-state index is 13.4. The highest BCUT2D eigenvalue weighted by Crippen LogP contribution is 2.47. The number of hydrogen-bond donors (Lipinski definition) is 3. The summed E-state index contributed by atoms with van der Waals surface area (Å²) in [5, 5.41) is 28.2. The first kappa shape index (κ1) is 35.0. The molecule has 6 unspecified atom stereocenters. The minimum Gasteiger partial charge on any atom is -0.394 e. The van der Waals surface area contributed by atoms with Gasteiger partial charge in [0, 0.05) is 6.92 Å². The minimum absolute atomic E-state index is 0.0705. The molecule has 35 heavy (non-hydrogen) atoms. The second-order valence-electron chi connectivity index (χ2n) is 12.0. The molecule has 208 valence electrons. The average Bonchev–Trinajstić information content (AvgIpc) is 2.72. The number of aliphatic hydroxyl groups excluding tert-OH is 3. The van der Waals surface area contributed by atoms with Crippen LogP contribution in [0.2, 0.25) is 0 Å². The van der Waals surface area contributed by atoms with E-state index < -0.39 is 56.1 Å². The summed E-state index contributed by atoms with van der Waals surface area (Å²) in [6.07, 6.45) is 0.474. The Morgan fingerprint density at radius 1 is 0.771 bits per heavy atom. The fourth-order valence-electron chi connectivity index (χ4n) is 3.56. The topological polar surface area (TPSA) is 123 Å². The van der Waals surface area contributed by atoms with Crippen LogP contribution in [0, 0.1) is 0 Å². The van der Waals surface area contributed by atoms with Gasteiger partial charge < -0.3 is 29.5 Å². The highest BCUT2D eigenvalue weighted by atomic mass is 31.1. The van der Waals surface area contributed by atoms with E-state index in [1.54, 1.807) is 13.8 Å². The van der Waals surface area contributed by atoms with E-state index in [4.69, 9.17) is 19.3 Å². The summed E-state index contributed by atoms with van der Waals surface area (Å²) in [6.45, 7) is 18.0. The number of ether oxygens (including phenoxy) is 3. The maximum Gasteiger partial charge on any atom is 0.376 e. The van der Waals surface area contributed by atoms with E-state index in [0.29, 0.717) is 25.4 Å². The van der Waals surface area contributed by atoms with E-state index in [0.717, 1.165) is 12.8 Å². The number of aliphatic hydroxyl groups is 3. The van der Waals surface area contributed by atoms with Gasteiger partial charge in [-0.15, -0.1) is 0 Å². The Balaban J connectivity index is 5.04. The van der Waals surface area contributed by atoms with Gasteiger partial charge in [-0.3, -0.25) is 0 Å². The molecule has 0 aromatic heterocycles. The van der Waals surface area contributed by atoms with Crippen molar-refractivity contribution in [3.63, 3.8) is 0 Å². The van der Waals surface area contributed by atoms with Crippen molar-refractivity contribution in [1.82, 2.24) is 0 Å². The summed E-state index contributed by atoms with van der Waals surface area (Å²) in [5.74, 6) is 0. The zero-order valence-corrected chi connectivity index (χ0v) is 25.5. The van der Waals surface area contributed by atoms with Crippen molar-refractivity contribution in [3.8, 4) is 0 Å². The number of hydrogen-bond acceptors (Lipinski definition) is 8. The van der Waals surface area contributed by atoms with Crippen molar-refractivity contribution in [2.24, 2.45) is 0 Å². The lowest BCUT2D eigenvalue weighted by Crippen LogP contribution is -2.53. The van der Waals surface area contributed by atoms with Crippen LogP contribution in [0.3, 0.4) is 0 Å². The highest BCUT2D eigenvalue weighted by Gasteiger charge is 2.56. The quantitative estimate of drug-likeness (QED) is 0.172. The van der Waals surface area contributed by atoms with E-state index in [-0.39, 0.29) is 12.7 Å². The zero-order chi connectivity index (χ0) is 27.7. The lowest BCUT2D eigenvalue weighted by molar-refractivity contribution is -0.193. The molecular formula is C25H52O8P2+2. The van der Waals surface area contributed by atoms with Crippen LogP contribution in [-0.2, 0) is 23.3 Å². The normalized spacial score (nSPS) is 18.5. The Kier molecular flexibility index (Phi) is 14.8. The third-order valence-corrected chi connectivity index (χ3v) is 9.74. The van der Waals surface area contributed by atoms with Gasteiger partial charge in [0.05, 0.1) is 37.1 Å². The SMILES string of the molecule is CC(CO)OCC(C)(C)[P+](=O)CCCCC[P+](=O)C(C)(OC(C)(C)C)C(O)C(CO)OC(C)(C)C. The summed E-state index contributed by atoms with van der Waals surface area (Å²) in [7, 11) is -3.51. The molecule has 0 saturated heterocycles. The van der Waals surface area contributed by atoms with Crippen LogP contribution >= 0.6 is 15.6 Å². The summed E-state index contributed by atoms with van der Waals surface area (Å²) >= 11 is 0. The first-order valence-corrected chi connectivity index (χ1v) is 15.5. The predicted octanol–water partition coefficient (Wildman–Crippen LogP) is 5.06. The number of rotatable bonds is 17. The third kappa shape index (κ3) is 13.4. The van der Waals surface area contributed by atoms with Gasteiger partial charge in [-0.1, -0.05) is 9.13 Å². The van der Waals surface area contributed by atoms with E-state index in [1.807, 2.05) is 55.4 Å². The van der Waals surface area contributed by atoms with Gasteiger partial charge in [0.25, 0.3) is 5.34 Å². The zero-order valence-electron chi connectivity index (χ0n) is 23.7. The molecule has 0 fully saturated rings. The maximum absolute atomic E-state index is 13.4. The summed E-state index contributed by atoms with van der Waals surface area (Å²) in [6, 6.07) is 0. The highest BCUT2D eigenvalue weighted by molar-refractivity contribution is 7.46. The van der Waals surface area contributed by atoms with Crippen LogP contribution in [0.4, 0.5) is 0 Å². The average molecular weight is 543 g/mol. The standard InChI is InChI=1S/C25H52O8P2/c1-19(16-26)31-18-24(8,9)34(29)14-12-11-13-15-35(30)25(10,33-23(5,6)7)21(28)20(17-27)32-22(2,3)4/h19-21,26-28H,11-18H2,1-10H3/q+2. The molecule has 0 amide bonds. The second kappa shape index (κ2) is 14.8. The van der Waals surface area contributed by atoms with Crippen molar-refractivity contribution in [3.05, 3.63) is 0 Å². The fourth-order valence-corrected chi connectivity index (χ4v) is 6.69. The Bertz CT molecular complexity index is 657. The molecule has 0 aliphatic heterocycles. The predicted molar refractivity (Wildman–Crippen MR) is 142 cm³/mol. The molecule has 0 heterocycles. The van der Waals surface area contributed by atoms with Gasteiger partial charge in [-0.05, 0) is 81.6 Å². The molecule has 0 saturated carbocycles. The lowest BCUT2D eigenvalue weighted by atomic mass is 10.1. The van der Waals surface area contributed by atoms with Gasteiger partial charge in [0.2, 0.25) is 0 Å². The molecule has 10 heteroatoms. The van der Waals surface area contributed by atoms with Gasteiger partial charge in [0.15, 0.2) is 11.3 Å². The van der Waals surface area contributed by atoms with Gasteiger partial charge in [-0.2, -0.15) is 0 Å². The van der Waals surface area contributed by atoms with Crippen LogP contribution < -0.4 is 0 Å². The van der Waals surface area contributed by atoms with E-state index in [2.05, 4.69) is 0 Å². The summed E-state index contributed by atoms with van der Waals surface area (Å²) in [4.78, 5) is 0. The molecule has 0 radical (unpaired) electrons. The molecule has 8 nitrogen and oxygen atoms in total. The Morgan fingerprint density at radius 3 is 1.71 bits per heavy atom. The van der Waals surface area contributed by atoms with E-state index in [9.17, 15) is 19.3 Å². The molecule has 0 aromatic rings. The first-order valence-electron chi connectivity index (χ1n) is 12.6. The van der Waals surface area contributed by atoms with Crippen LogP contribution in [0.1, 0.15) is 88.5 Å². The molecule has 0 bridgehead atoms. The first-order chi connectivity index (χ1) is 15.8. The van der Waals surface area contributed by atoms with Crippen molar-refractivity contribution in [1.29, 1.82) is 0 Å². The molecule has 0 aliphatic carbocycles. The summed E-state index contributed by atoms with van der Waals surface area (Å²) < 4.78 is 43.7. The van der Waals surface area contributed by atoms with Crippen molar-refractivity contribution >= 4 is 15.6 Å². The molecule has 6 atom stereocenters. The molecule has 0 aliphatic rings. The molecular weight excluding hydrogens is 490 g/mol. The second-order valence-corrected chi connectivity index (χ2v) is 16.6. The fraction of sp³-hybridized carbons (Fsp3) is 1.00. The van der Waals surface area contributed by atoms with Crippen LogP contribution in [0.25, 0.3) is 0 Å². The lowest BCUT2D eigenvalue weighted by Gasteiger charge is -2.37. The molecule has 0 rings (SSSR count). The van der Waals surface area contributed by atoms with Crippen LogP contribution in [0.15, 0.2) is 0 Å². The smallest absolute Gasteiger partial charge is 0.376 e. The van der Waals surface area contributed by atoms with Crippen molar-refractivity contribution in [2.45, 2.75) is 129 Å². The molecule has 3 N–H and O–H groups in total. The van der Waals surface area contributed by atoms with Crippen molar-refractivity contribution in [2.75, 3.05) is 32.1 Å². The van der Waals surface area contributed by atoms with E-state index in [1.165, 1.54) is 0 Å². The van der Waals surface area contributed by atoms with Gasteiger partial charge in [-0.25, -0.2) is 0 Å². The third-order valence-electron chi connectivity index (χ3n) is 5.47. The molecule has 0 spiro atoms.